The maximum atomic E-state index is 16.0. The van der Waals surface area contributed by atoms with Crippen LogP contribution < -0.4 is 23.6 Å². The van der Waals surface area contributed by atoms with Crippen LogP contribution in [0.25, 0.3) is 10.9 Å². The third-order valence-electron chi connectivity index (χ3n) is 8.39. The number of hydrogen-bond donors (Lipinski definition) is 3. The van der Waals surface area contributed by atoms with Gasteiger partial charge in [0, 0.05) is 60.2 Å². The molecule has 1 aliphatic carbocycles. The second-order valence-corrected chi connectivity index (χ2v) is 11.8. The summed E-state index contributed by atoms with van der Waals surface area (Å²) in [6, 6.07) is 9.20. The van der Waals surface area contributed by atoms with E-state index in [0.29, 0.717) is 48.8 Å². The lowest BCUT2D eigenvalue weighted by molar-refractivity contribution is -0.120. The number of amides is 3. The first kappa shape index (κ1) is 36.6. The number of urea groups is 1. The highest BCUT2D eigenvalue weighted by Gasteiger charge is 2.40. The van der Waals surface area contributed by atoms with Crippen molar-refractivity contribution in [2.75, 3.05) is 31.1 Å². The average molecular weight is 772 g/mol. The lowest BCUT2D eigenvalue weighted by Gasteiger charge is -2.43. The summed E-state index contributed by atoms with van der Waals surface area (Å²) in [5.41, 5.74) is 0.684. The molecular weight excluding hydrogens is 730 g/mol. The third kappa shape index (κ3) is 9.03. The predicted molar refractivity (Wildman–Crippen MR) is 181 cm³/mol. The number of hydrogen-bond acceptors (Lipinski definition) is 8. The number of carbonyl (C=O) groups is 2. The number of nitrogens with one attached hydrogen (secondary N) is 1. The molecule has 2 aliphatic heterocycles. The van der Waals surface area contributed by atoms with Crippen LogP contribution in [0.3, 0.4) is 0 Å². The van der Waals surface area contributed by atoms with E-state index in [2.05, 4.69) is 19.0 Å². The van der Waals surface area contributed by atoms with Gasteiger partial charge in [0.2, 0.25) is 5.91 Å². The van der Waals surface area contributed by atoms with Crippen LogP contribution in [0, 0.1) is 11.7 Å². The lowest BCUT2D eigenvalue weighted by Crippen LogP contribution is -2.50. The Kier molecular flexibility index (Phi) is 12.7. The van der Waals surface area contributed by atoms with Gasteiger partial charge in [0.25, 0.3) is 0 Å². The topological polar surface area (TPSA) is 130 Å². The summed E-state index contributed by atoms with van der Waals surface area (Å²) >= 11 is 1.65. The summed E-state index contributed by atoms with van der Waals surface area (Å²) in [4.78, 5) is 31.6. The molecule has 3 aliphatic rings. The number of nitrogens with two attached hydrogens (primary N) is 1. The quantitative estimate of drug-likeness (QED) is 0.172. The van der Waals surface area contributed by atoms with E-state index in [9.17, 15) is 23.5 Å². The fourth-order valence-corrected chi connectivity index (χ4v) is 5.99. The lowest BCUT2D eigenvalue weighted by atomic mass is 9.77. The number of pyridine rings is 1. The van der Waals surface area contributed by atoms with E-state index in [-0.39, 0.29) is 42.3 Å². The first-order valence-corrected chi connectivity index (χ1v) is 16.9. The highest BCUT2D eigenvalue weighted by Crippen LogP contribution is 2.40. The average Bonchev–Trinajstić information content (AvgIpc) is 3.88. The van der Waals surface area contributed by atoms with Crippen molar-refractivity contribution in [1.29, 1.82) is 0 Å². The minimum absolute atomic E-state index is 0.0102. The summed E-state index contributed by atoms with van der Waals surface area (Å²) in [6.45, 7) is 4.59. The largest absolute Gasteiger partial charge is 0.489 e. The third-order valence-corrected chi connectivity index (χ3v) is 8.39. The zero-order chi connectivity index (χ0) is 34.3. The Labute approximate surface area is 286 Å². The Morgan fingerprint density at radius 2 is 1.85 bits per heavy atom. The van der Waals surface area contributed by atoms with E-state index in [1.165, 1.54) is 17.2 Å². The van der Waals surface area contributed by atoms with Crippen LogP contribution in [-0.4, -0.2) is 65.4 Å². The number of aliphatic hydroxyl groups is 1. The van der Waals surface area contributed by atoms with Gasteiger partial charge in [0.1, 0.15) is 5.82 Å². The number of fused-ring (bicyclic) bond motifs is 1. The molecule has 47 heavy (non-hydrogen) atoms. The number of ether oxygens (including phenoxy) is 2. The molecule has 0 radical (unpaired) electrons. The molecule has 3 heterocycles. The molecule has 0 spiro atoms. The smallest absolute Gasteiger partial charge is 0.387 e. The number of rotatable bonds is 9. The van der Waals surface area contributed by atoms with Crippen LogP contribution in [0.5, 0.6) is 11.5 Å². The van der Waals surface area contributed by atoms with Crippen molar-refractivity contribution >= 4 is 51.4 Å². The Balaban J connectivity index is 0.00000120. The maximum Gasteiger partial charge on any atom is 0.387 e. The molecule has 0 bridgehead atoms. The first-order chi connectivity index (χ1) is 22.6. The number of piperidine rings is 1. The molecule has 1 aromatic heterocycles. The SMILES string of the molecule is CC.CC1(O)CN(Cc2ccc(OC(F)F)c(OCC3CC3)c2)CCC1c1ccc2ncc(N3CCC(=O)NC3=O)cc2c1F.NI. The van der Waals surface area contributed by atoms with E-state index < -0.39 is 30.0 Å². The van der Waals surface area contributed by atoms with Gasteiger partial charge in [0.15, 0.2) is 11.5 Å². The van der Waals surface area contributed by atoms with Gasteiger partial charge in [-0.3, -0.25) is 28.8 Å². The van der Waals surface area contributed by atoms with Gasteiger partial charge in [-0.05, 0) is 74.0 Å². The van der Waals surface area contributed by atoms with Crippen molar-refractivity contribution in [2.45, 2.75) is 71.1 Å². The van der Waals surface area contributed by atoms with Crippen LogP contribution in [0.2, 0.25) is 0 Å². The molecule has 1 saturated carbocycles. The number of anilines is 1. The molecule has 2 atom stereocenters. The molecular formula is C33H41F3IN5O5. The first-order valence-electron chi connectivity index (χ1n) is 15.6. The van der Waals surface area contributed by atoms with Crippen molar-refractivity contribution in [3.05, 3.63) is 59.5 Å². The van der Waals surface area contributed by atoms with E-state index in [1.807, 2.05) is 18.7 Å². The van der Waals surface area contributed by atoms with Crippen molar-refractivity contribution in [3.63, 3.8) is 0 Å². The molecule has 256 valence electrons. The van der Waals surface area contributed by atoms with Gasteiger partial charge in [-0.25, -0.2) is 9.18 Å². The maximum absolute atomic E-state index is 16.0. The van der Waals surface area contributed by atoms with Gasteiger partial charge in [-0.1, -0.05) is 26.0 Å². The minimum atomic E-state index is -2.96. The van der Waals surface area contributed by atoms with Crippen LogP contribution in [0.4, 0.5) is 23.7 Å². The number of likely N-dealkylation sites (tertiary alicyclic amines) is 1. The number of halogens is 4. The Morgan fingerprint density at radius 3 is 2.51 bits per heavy atom. The molecule has 3 amide bonds. The zero-order valence-corrected chi connectivity index (χ0v) is 28.8. The second-order valence-electron chi connectivity index (χ2n) is 11.8. The number of imide groups is 1. The number of aromatic nitrogens is 1. The fraction of sp³-hybridized carbons (Fsp3) is 0.485. The van der Waals surface area contributed by atoms with Crippen LogP contribution in [0.15, 0.2) is 42.6 Å². The number of carbonyl (C=O) groups excluding carboxylic acids is 2. The molecule has 3 aromatic rings. The summed E-state index contributed by atoms with van der Waals surface area (Å²) < 4.78 is 56.8. The van der Waals surface area contributed by atoms with Gasteiger partial charge in [0.05, 0.1) is 29.6 Å². The summed E-state index contributed by atoms with van der Waals surface area (Å²) in [5, 5.41) is 14.0. The Bertz CT molecular complexity index is 1560. The van der Waals surface area contributed by atoms with Crippen molar-refractivity contribution in [1.82, 2.24) is 15.2 Å². The zero-order valence-electron chi connectivity index (χ0n) is 26.6. The van der Waals surface area contributed by atoms with Gasteiger partial charge >= 0.3 is 12.6 Å². The van der Waals surface area contributed by atoms with Crippen LogP contribution in [0.1, 0.15) is 63.5 Å². The molecule has 4 N–H and O–H groups in total. The predicted octanol–water partition coefficient (Wildman–Crippen LogP) is 6.27. The van der Waals surface area contributed by atoms with E-state index >= 15 is 4.39 Å². The monoisotopic (exact) mass is 771 g/mol. The van der Waals surface area contributed by atoms with Crippen molar-refractivity contribution in [3.8, 4) is 11.5 Å². The standard InChI is InChI=1S/C31H33F3N4O5.C2H6.H2IN/c1-31(41)17-37(15-19-4-7-25(43-29(33)34)26(12-19)42-16-18-2-3-18)10-8-23(31)21-5-6-24-22(28(21)32)13-20(14-35-24)38-11-9-27(39)36-30(38)40;2*1-2/h4-7,12-14,18,23,29,41H,2-3,8-11,15-17H2,1H3,(H,36,39,40);1-2H3;2H2. The second kappa shape index (κ2) is 16.3. The molecule has 3 fully saturated rings. The van der Waals surface area contributed by atoms with E-state index in [0.717, 1.165) is 18.4 Å². The van der Waals surface area contributed by atoms with E-state index in [4.69, 9.17) is 4.74 Å². The Morgan fingerprint density at radius 1 is 1.11 bits per heavy atom. The van der Waals surface area contributed by atoms with Gasteiger partial charge in [-0.15, -0.1) is 0 Å². The van der Waals surface area contributed by atoms with Gasteiger partial charge in [-0.2, -0.15) is 8.78 Å². The summed E-state index contributed by atoms with van der Waals surface area (Å²) in [5.74, 6) is -0.685. The normalized spacial score (nSPS) is 21.4. The molecule has 14 heteroatoms. The van der Waals surface area contributed by atoms with Crippen molar-refractivity contribution < 1.29 is 37.3 Å². The Hall–Kier alpha value is -3.21. The molecule has 2 aromatic carbocycles. The summed E-state index contributed by atoms with van der Waals surface area (Å²) in [7, 11) is 0. The minimum Gasteiger partial charge on any atom is -0.489 e. The van der Waals surface area contributed by atoms with Crippen LogP contribution >= 0.6 is 22.9 Å². The molecule has 2 unspecified atom stereocenters. The van der Waals surface area contributed by atoms with Gasteiger partial charge < -0.3 is 14.6 Å². The fourth-order valence-electron chi connectivity index (χ4n) is 5.99. The van der Waals surface area contributed by atoms with Crippen LogP contribution in [-0.2, 0) is 11.3 Å². The molecule has 2 saturated heterocycles. The number of benzene rings is 2. The number of β-amino-alcohol motifs (C(OH)–C–C–N with tert-alkyl or cyclic N) is 1. The number of nitrogens with zero attached hydrogens (tertiary/aromatic N) is 3. The summed E-state index contributed by atoms with van der Waals surface area (Å²) in [6.07, 6.45) is 4.19. The molecule has 10 nitrogen and oxygen atoms in total. The van der Waals surface area contributed by atoms with E-state index in [1.54, 1.807) is 60.1 Å². The highest BCUT2D eigenvalue weighted by molar-refractivity contribution is 14.1. The highest BCUT2D eigenvalue weighted by atomic mass is 127. The van der Waals surface area contributed by atoms with Crippen molar-refractivity contribution in [2.24, 2.45) is 9.86 Å². The number of alkyl halides is 2. The molecule has 6 rings (SSSR count).